The van der Waals surface area contributed by atoms with E-state index in [2.05, 4.69) is 16.0 Å². The first-order valence-corrected chi connectivity index (χ1v) is 20.8. The van der Waals surface area contributed by atoms with Gasteiger partial charge < -0.3 is 40.3 Å². The molecular weight excluding hydrogens is 729 g/mol. The Bertz CT molecular complexity index is 1400. The van der Waals surface area contributed by atoms with E-state index >= 15 is 0 Å². The first-order valence-electron chi connectivity index (χ1n) is 20.8. The molecule has 4 N–H and O–H groups in total. The molecule has 324 valence electrons. The second-order valence-electron chi connectivity index (χ2n) is 16.6. The van der Waals surface area contributed by atoms with Gasteiger partial charge in [-0.3, -0.25) is 28.9 Å². The number of hydrogen-bond donors (Lipinski definition) is 4. The average Bonchev–Trinajstić information content (AvgIpc) is 3.65. The summed E-state index contributed by atoms with van der Waals surface area (Å²) in [5.74, 6) is -2.25. The summed E-state index contributed by atoms with van der Waals surface area (Å²) in [5.41, 5.74) is 0.882. The molecule has 2 rings (SSSR count). The summed E-state index contributed by atoms with van der Waals surface area (Å²) in [6.07, 6.45) is 1.43. The van der Waals surface area contributed by atoms with Crippen LogP contribution in [0.2, 0.25) is 0 Å². The van der Waals surface area contributed by atoms with Crippen LogP contribution in [-0.2, 0) is 39.9 Å². The molecule has 1 aromatic carbocycles. The number of nitrogens with zero attached hydrogens (tertiary/aromatic N) is 3. The van der Waals surface area contributed by atoms with E-state index in [-0.39, 0.29) is 73.3 Å². The summed E-state index contributed by atoms with van der Waals surface area (Å²) in [6, 6.07) is 6.50. The molecule has 0 spiro atoms. The van der Waals surface area contributed by atoms with Crippen molar-refractivity contribution in [2.45, 2.75) is 129 Å². The lowest BCUT2D eigenvalue weighted by atomic mass is 9.89. The Morgan fingerprint density at radius 1 is 0.895 bits per heavy atom. The zero-order valence-electron chi connectivity index (χ0n) is 36.7. The maximum atomic E-state index is 14.3. The van der Waals surface area contributed by atoms with Crippen molar-refractivity contribution in [3.05, 3.63) is 35.9 Å². The maximum Gasteiger partial charge on any atom is 0.245 e. The molecule has 1 aromatic rings. The summed E-state index contributed by atoms with van der Waals surface area (Å²) in [6.45, 7) is 14.3. The van der Waals surface area contributed by atoms with E-state index < -0.39 is 48.3 Å². The molecule has 1 fully saturated rings. The van der Waals surface area contributed by atoms with E-state index in [0.29, 0.717) is 19.4 Å². The zero-order chi connectivity index (χ0) is 43.0. The smallest absolute Gasteiger partial charge is 0.245 e. The molecule has 0 aromatic heterocycles. The monoisotopic (exact) mass is 803 g/mol. The average molecular weight is 803 g/mol. The van der Waals surface area contributed by atoms with Gasteiger partial charge in [-0.05, 0) is 56.7 Å². The van der Waals surface area contributed by atoms with Gasteiger partial charge in [0, 0.05) is 47.4 Å². The highest BCUT2D eigenvalue weighted by Crippen LogP contribution is 2.30. The van der Waals surface area contributed by atoms with Crippen molar-refractivity contribution in [3.8, 4) is 0 Å². The van der Waals surface area contributed by atoms with Crippen LogP contribution in [0, 0.1) is 23.7 Å². The van der Waals surface area contributed by atoms with E-state index in [1.54, 1.807) is 30.9 Å². The van der Waals surface area contributed by atoms with Crippen molar-refractivity contribution in [3.63, 3.8) is 0 Å². The van der Waals surface area contributed by atoms with Crippen molar-refractivity contribution < 1.29 is 38.6 Å². The van der Waals surface area contributed by atoms with Gasteiger partial charge in [0.1, 0.15) is 12.1 Å². The summed E-state index contributed by atoms with van der Waals surface area (Å²) in [4.78, 5) is 74.3. The van der Waals surface area contributed by atoms with Crippen LogP contribution in [0.25, 0.3) is 0 Å². The highest BCUT2D eigenvalue weighted by molar-refractivity contribution is 5.90. The number of carbonyl (C=O) groups is 5. The lowest BCUT2D eigenvalue weighted by Gasteiger charge is -2.41. The highest BCUT2D eigenvalue weighted by Gasteiger charge is 2.43. The molecule has 14 nitrogen and oxygen atoms in total. The van der Waals surface area contributed by atoms with Gasteiger partial charge >= 0.3 is 0 Å². The SMILES string of the molecule is CCC(C)C(C(CC(=O)N1CCCC1C(OC)C(C)C(=O)NC(Cc1ccccc1)C(=O)NCCCO)OC)N(C)C(=O)C(NC(=O)C(C(C)C)N(C)C)C(C)C. The van der Waals surface area contributed by atoms with Crippen LogP contribution in [0.1, 0.15) is 86.1 Å². The van der Waals surface area contributed by atoms with Gasteiger partial charge in [0.25, 0.3) is 0 Å². The molecule has 0 saturated carbocycles. The molecule has 57 heavy (non-hydrogen) atoms. The van der Waals surface area contributed by atoms with Gasteiger partial charge in [-0.25, -0.2) is 0 Å². The number of likely N-dealkylation sites (N-methyl/N-ethyl adjacent to an activating group) is 2. The van der Waals surface area contributed by atoms with Gasteiger partial charge in [-0.15, -0.1) is 0 Å². The standard InChI is InChI=1S/C43H74N6O8/c1-13-29(6)38(48(10)43(55)36(27(2)3)46-42(54)37(28(4)5)47(8)9)34(56-11)26-35(51)49-23-17-21-33(49)39(57-12)30(7)40(52)45-32(41(53)44-22-18-24-50)25-31-19-15-14-16-20-31/h14-16,19-20,27-30,32-34,36-39,50H,13,17-18,21-26H2,1-12H3,(H,44,53)(H,45,52)(H,46,54). The molecule has 14 heteroatoms. The second-order valence-corrected chi connectivity index (χ2v) is 16.6. The minimum atomic E-state index is -0.854. The number of amides is 5. The first-order chi connectivity index (χ1) is 26.9. The lowest BCUT2D eigenvalue weighted by Crippen LogP contribution is -2.59. The fraction of sp³-hybridized carbons (Fsp3) is 0.744. The van der Waals surface area contributed by atoms with Crippen molar-refractivity contribution in [2.24, 2.45) is 23.7 Å². The van der Waals surface area contributed by atoms with Crippen molar-refractivity contribution in [2.75, 3.05) is 55.1 Å². The van der Waals surface area contributed by atoms with Crippen LogP contribution in [0.15, 0.2) is 30.3 Å². The molecule has 1 aliphatic heterocycles. The predicted molar refractivity (Wildman–Crippen MR) is 222 cm³/mol. The first kappa shape index (κ1) is 49.6. The van der Waals surface area contributed by atoms with Gasteiger partial charge in [-0.2, -0.15) is 0 Å². The molecule has 9 atom stereocenters. The van der Waals surface area contributed by atoms with Crippen molar-refractivity contribution in [1.82, 2.24) is 30.7 Å². The Morgan fingerprint density at radius 3 is 2.07 bits per heavy atom. The minimum Gasteiger partial charge on any atom is -0.396 e. The van der Waals surface area contributed by atoms with Crippen molar-refractivity contribution >= 4 is 29.5 Å². The number of likely N-dealkylation sites (tertiary alicyclic amines) is 1. The summed E-state index contributed by atoms with van der Waals surface area (Å²) in [5, 5.41) is 18.0. The molecule has 1 saturated heterocycles. The quantitative estimate of drug-likeness (QED) is 0.115. The third kappa shape index (κ3) is 14.0. The predicted octanol–water partition coefficient (Wildman–Crippen LogP) is 2.86. The topological polar surface area (TPSA) is 170 Å². The number of ether oxygens (including phenoxy) is 2. The van der Waals surface area contributed by atoms with Crippen LogP contribution in [-0.4, -0.2) is 147 Å². The van der Waals surface area contributed by atoms with E-state index in [1.165, 1.54) is 7.11 Å². The second kappa shape index (κ2) is 24.4. The Kier molecular flexibility index (Phi) is 21.2. The lowest BCUT2D eigenvalue weighted by molar-refractivity contribution is -0.148. The van der Waals surface area contributed by atoms with Crippen LogP contribution in [0.5, 0.6) is 0 Å². The van der Waals surface area contributed by atoms with Crippen molar-refractivity contribution in [1.29, 1.82) is 0 Å². The number of aliphatic hydroxyl groups is 1. The Hall–Kier alpha value is -3.59. The van der Waals surface area contributed by atoms with Gasteiger partial charge in [0.05, 0.1) is 42.7 Å². The van der Waals surface area contributed by atoms with E-state index in [9.17, 15) is 29.1 Å². The Labute approximate surface area is 342 Å². The summed E-state index contributed by atoms with van der Waals surface area (Å²) in [7, 11) is 8.50. The fourth-order valence-electron chi connectivity index (χ4n) is 8.19. The largest absolute Gasteiger partial charge is 0.396 e. The number of methoxy groups -OCH3 is 2. The third-order valence-electron chi connectivity index (χ3n) is 11.5. The van der Waals surface area contributed by atoms with E-state index in [4.69, 9.17) is 9.47 Å². The third-order valence-corrected chi connectivity index (χ3v) is 11.5. The molecule has 5 amide bonds. The Balaban J connectivity index is 2.29. The van der Waals surface area contributed by atoms with Crippen LogP contribution >= 0.6 is 0 Å². The fourth-order valence-corrected chi connectivity index (χ4v) is 8.19. The number of benzene rings is 1. The van der Waals surface area contributed by atoms with Gasteiger partial charge in [0.15, 0.2) is 0 Å². The molecule has 1 heterocycles. The minimum absolute atomic E-state index is 0.00143. The highest BCUT2D eigenvalue weighted by atomic mass is 16.5. The van der Waals surface area contributed by atoms with Gasteiger partial charge in [-0.1, -0.05) is 85.2 Å². The molecule has 0 bridgehead atoms. The molecular formula is C43H74N6O8. The number of aliphatic hydroxyl groups excluding tert-OH is 1. The normalized spacial score (nSPS) is 18.7. The van der Waals surface area contributed by atoms with E-state index in [1.807, 2.05) is 90.9 Å². The number of rotatable bonds is 24. The zero-order valence-corrected chi connectivity index (χ0v) is 36.7. The summed E-state index contributed by atoms with van der Waals surface area (Å²) < 4.78 is 12.0. The molecule has 0 radical (unpaired) electrons. The van der Waals surface area contributed by atoms with Gasteiger partial charge in [0.2, 0.25) is 29.5 Å². The maximum absolute atomic E-state index is 14.3. The number of hydrogen-bond acceptors (Lipinski definition) is 9. The van der Waals surface area contributed by atoms with Crippen LogP contribution in [0.4, 0.5) is 0 Å². The van der Waals surface area contributed by atoms with E-state index in [0.717, 1.165) is 18.4 Å². The molecule has 1 aliphatic rings. The number of carbonyl (C=O) groups excluding carboxylic acids is 5. The van der Waals surface area contributed by atoms with Crippen LogP contribution in [0.3, 0.4) is 0 Å². The molecule has 9 unspecified atom stereocenters. The summed E-state index contributed by atoms with van der Waals surface area (Å²) >= 11 is 0. The Morgan fingerprint density at radius 2 is 1.54 bits per heavy atom. The molecule has 0 aliphatic carbocycles. The number of nitrogens with one attached hydrogen (secondary N) is 3. The van der Waals surface area contributed by atoms with Crippen LogP contribution < -0.4 is 16.0 Å².